The van der Waals surface area contributed by atoms with Crippen molar-refractivity contribution >= 4 is 27.3 Å². The maximum Gasteiger partial charge on any atom is 0.0632 e. The summed E-state index contributed by atoms with van der Waals surface area (Å²) in [5.41, 5.74) is 8.56. The van der Waals surface area contributed by atoms with E-state index in [4.69, 9.17) is 10.8 Å². The second-order valence-corrected chi connectivity index (χ2v) is 4.48. The van der Waals surface area contributed by atoms with E-state index in [0.29, 0.717) is 0 Å². The zero-order valence-corrected chi connectivity index (χ0v) is 10.6. The number of hydrogen-bond acceptors (Lipinski definition) is 3. The summed E-state index contributed by atoms with van der Waals surface area (Å²) in [7, 11) is 0. The summed E-state index contributed by atoms with van der Waals surface area (Å²) in [6, 6.07) is 3.95. The zero-order chi connectivity index (χ0) is 11.4. The number of nitrogen functional groups attached to an aromatic ring is 1. The average Bonchev–Trinajstić information content (AvgIpc) is 2.21. The average molecular weight is 273 g/mol. The maximum atomic E-state index is 9.10. The lowest BCUT2D eigenvalue weighted by atomic mass is 10.1. The van der Waals surface area contributed by atoms with Gasteiger partial charge in [0.2, 0.25) is 0 Å². The first kappa shape index (κ1) is 12.3. The van der Waals surface area contributed by atoms with Gasteiger partial charge in [-0.15, -0.1) is 0 Å². The summed E-state index contributed by atoms with van der Waals surface area (Å²) in [6.07, 6.45) is 0.881. The van der Waals surface area contributed by atoms with Gasteiger partial charge in [-0.05, 0) is 47.0 Å². The van der Waals surface area contributed by atoms with Gasteiger partial charge in [0.1, 0.15) is 0 Å². The third-order valence-corrected chi connectivity index (χ3v) is 3.08. The molecule has 0 heterocycles. The SMILES string of the molecule is CCC(CO)Nc1cc(C)c(N)cc1Br. The smallest absolute Gasteiger partial charge is 0.0632 e. The molecule has 0 aliphatic carbocycles. The van der Waals surface area contributed by atoms with Crippen molar-refractivity contribution in [3.05, 3.63) is 22.2 Å². The Labute approximate surface area is 98.8 Å². The Hall–Kier alpha value is -0.740. The van der Waals surface area contributed by atoms with Crippen LogP contribution in [0, 0.1) is 6.92 Å². The molecule has 4 N–H and O–H groups in total. The first-order chi connectivity index (χ1) is 7.08. The lowest BCUT2D eigenvalue weighted by Gasteiger charge is -2.17. The zero-order valence-electron chi connectivity index (χ0n) is 9.05. The molecule has 1 rings (SSSR count). The van der Waals surface area contributed by atoms with Crippen LogP contribution < -0.4 is 11.1 Å². The molecule has 3 nitrogen and oxygen atoms in total. The number of aryl methyl sites for hydroxylation is 1. The van der Waals surface area contributed by atoms with Crippen LogP contribution in [0.3, 0.4) is 0 Å². The van der Waals surface area contributed by atoms with E-state index in [2.05, 4.69) is 21.2 Å². The van der Waals surface area contributed by atoms with Crippen LogP contribution in [0.5, 0.6) is 0 Å². The Morgan fingerprint density at radius 1 is 1.53 bits per heavy atom. The van der Waals surface area contributed by atoms with Gasteiger partial charge < -0.3 is 16.2 Å². The van der Waals surface area contributed by atoms with E-state index in [-0.39, 0.29) is 12.6 Å². The van der Waals surface area contributed by atoms with Crippen molar-refractivity contribution in [2.75, 3.05) is 17.7 Å². The van der Waals surface area contributed by atoms with Crippen molar-refractivity contribution in [2.24, 2.45) is 0 Å². The standard InChI is InChI=1S/C11H17BrN2O/c1-3-8(6-15)14-11-4-7(2)10(13)5-9(11)12/h4-5,8,14-15H,3,6,13H2,1-2H3. The van der Waals surface area contributed by atoms with Gasteiger partial charge in [0, 0.05) is 21.9 Å². The fraction of sp³-hybridized carbons (Fsp3) is 0.455. The number of nitrogens with two attached hydrogens (primary N) is 1. The van der Waals surface area contributed by atoms with E-state index in [1.54, 1.807) is 0 Å². The number of benzene rings is 1. The van der Waals surface area contributed by atoms with Crippen molar-refractivity contribution in [1.82, 2.24) is 0 Å². The molecule has 1 unspecified atom stereocenters. The van der Waals surface area contributed by atoms with Crippen LogP contribution in [0.1, 0.15) is 18.9 Å². The minimum absolute atomic E-state index is 0.0873. The predicted octanol–water partition coefficient (Wildman–Crippen LogP) is 2.52. The quantitative estimate of drug-likeness (QED) is 0.739. The summed E-state index contributed by atoms with van der Waals surface area (Å²) < 4.78 is 0.928. The number of nitrogens with one attached hydrogen (secondary N) is 1. The summed E-state index contributed by atoms with van der Waals surface area (Å²) in [4.78, 5) is 0. The Bertz CT molecular complexity index is 338. The lowest BCUT2D eigenvalue weighted by Crippen LogP contribution is -2.22. The van der Waals surface area contributed by atoms with Crippen molar-refractivity contribution in [2.45, 2.75) is 26.3 Å². The van der Waals surface area contributed by atoms with Gasteiger partial charge in [-0.1, -0.05) is 6.92 Å². The lowest BCUT2D eigenvalue weighted by molar-refractivity contribution is 0.272. The van der Waals surface area contributed by atoms with Crippen LogP contribution in [0.15, 0.2) is 16.6 Å². The molecule has 1 aromatic carbocycles. The highest BCUT2D eigenvalue weighted by Crippen LogP contribution is 2.28. The third-order valence-electron chi connectivity index (χ3n) is 2.43. The number of aliphatic hydroxyl groups excluding tert-OH is 1. The monoisotopic (exact) mass is 272 g/mol. The molecule has 1 atom stereocenters. The third kappa shape index (κ3) is 3.11. The molecule has 0 radical (unpaired) electrons. The largest absolute Gasteiger partial charge is 0.398 e. The molecule has 0 saturated heterocycles. The first-order valence-electron chi connectivity index (χ1n) is 5.01. The van der Waals surface area contributed by atoms with Gasteiger partial charge in [0.05, 0.1) is 6.61 Å². The summed E-state index contributed by atoms with van der Waals surface area (Å²) in [5.74, 6) is 0. The molecule has 0 bridgehead atoms. The van der Waals surface area contributed by atoms with Crippen LogP contribution in [0.2, 0.25) is 0 Å². The van der Waals surface area contributed by atoms with Crippen LogP contribution in [-0.4, -0.2) is 17.8 Å². The minimum Gasteiger partial charge on any atom is -0.398 e. The Morgan fingerprint density at radius 3 is 2.73 bits per heavy atom. The minimum atomic E-state index is 0.0873. The molecule has 0 fully saturated rings. The molecule has 0 aromatic heterocycles. The molecule has 1 aromatic rings. The van der Waals surface area contributed by atoms with Crippen LogP contribution >= 0.6 is 15.9 Å². The molecule has 0 aliphatic heterocycles. The summed E-state index contributed by atoms with van der Waals surface area (Å²) in [5, 5.41) is 12.4. The van der Waals surface area contributed by atoms with Crippen molar-refractivity contribution in [1.29, 1.82) is 0 Å². The van der Waals surface area contributed by atoms with Gasteiger partial charge in [0.25, 0.3) is 0 Å². The van der Waals surface area contributed by atoms with E-state index >= 15 is 0 Å². The highest BCUT2D eigenvalue weighted by molar-refractivity contribution is 9.10. The molecule has 0 aliphatic rings. The van der Waals surface area contributed by atoms with E-state index in [9.17, 15) is 0 Å². The predicted molar refractivity (Wildman–Crippen MR) is 68.1 cm³/mol. The van der Waals surface area contributed by atoms with Crippen molar-refractivity contribution in [3.8, 4) is 0 Å². The molecular weight excluding hydrogens is 256 g/mol. The van der Waals surface area contributed by atoms with E-state index in [1.807, 2.05) is 26.0 Å². The Morgan fingerprint density at radius 2 is 2.20 bits per heavy atom. The van der Waals surface area contributed by atoms with Crippen LogP contribution in [0.4, 0.5) is 11.4 Å². The fourth-order valence-electron chi connectivity index (χ4n) is 1.30. The van der Waals surface area contributed by atoms with Crippen LogP contribution in [-0.2, 0) is 0 Å². The van der Waals surface area contributed by atoms with E-state index in [1.165, 1.54) is 0 Å². The van der Waals surface area contributed by atoms with E-state index in [0.717, 1.165) is 27.8 Å². The summed E-state index contributed by atoms with van der Waals surface area (Å²) >= 11 is 3.44. The highest BCUT2D eigenvalue weighted by Gasteiger charge is 2.08. The van der Waals surface area contributed by atoms with Gasteiger partial charge in [-0.3, -0.25) is 0 Å². The second kappa shape index (κ2) is 5.37. The first-order valence-corrected chi connectivity index (χ1v) is 5.80. The second-order valence-electron chi connectivity index (χ2n) is 3.62. The molecule has 0 spiro atoms. The van der Waals surface area contributed by atoms with Crippen molar-refractivity contribution < 1.29 is 5.11 Å². The van der Waals surface area contributed by atoms with Gasteiger partial charge >= 0.3 is 0 Å². The molecule has 84 valence electrons. The number of rotatable bonds is 4. The fourth-order valence-corrected chi connectivity index (χ4v) is 1.78. The van der Waals surface area contributed by atoms with Gasteiger partial charge in [0.15, 0.2) is 0 Å². The molecule has 4 heteroatoms. The normalized spacial score (nSPS) is 12.5. The van der Waals surface area contributed by atoms with Crippen molar-refractivity contribution in [3.63, 3.8) is 0 Å². The number of hydrogen-bond donors (Lipinski definition) is 3. The highest BCUT2D eigenvalue weighted by atomic mass is 79.9. The van der Waals surface area contributed by atoms with Gasteiger partial charge in [-0.2, -0.15) is 0 Å². The molecular formula is C11H17BrN2O. The summed E-state index contributed by atoms with van der Waals surface area (Å²) in [6.45, 7) is 4.13. The molecule has 0 amide bonds. The van der Waals surface area contributed by atoms with Crippen LogP contribution in [0.25, 0.3) is 0 Å². The number of aliphatic hydroxyl groups is 1. The molecule has 0 saturated carbocycles. The Balaban J connectivity index is 2.89. The van der Waals surface area contributed by atoms with Gasteiger partial charge in [-0.25, -0.2) is 0 Å². The Kier molecular flexibility index (Phi) is 4.42. The number of anilines is 2. The topological polar surface area (TPSA) is 58.3 Å². The molecule has 15 heavy (non-hydrogen) atoms. The van der Waals surface area contributed by atoms with E-state index < -0.39 is 0 Å². The number of halogens is 1. The maximum absolute atomic E-state index is 9.10.